The van der Waals surface area contributed by atoms with Crippen LogP contribution in [-0.4, -0.2) is 35.1 Å². The van der Waals surface area contributed by atoms with E-state index in [0.29, 0.717) is 10.8 Å². The average molecular weight is 503 g/mol. The van der Waals surface area contributed by atoms with E-state index in [-0.39, 0.29) is 16.3 Å². The number of aryl methyl sites for hydroxylation is 1. The Balaban J connectivity index is 1.98. The number of hydrogen-bond acceptors (Lipinski definition) is 5. The second-order valence-electron chi connectivity index (χ2n) is 7.67. The number of nitrogens with zero attached hydrogens (tertiary/aromatic N) is 1. The van der Waals surface area contributed by atoms with Gasteiger partial charge in [-0.25, -0.2) is 8.42 Å². The Morgan fingerprint density at radius 2 is 1.65 bits per heavy atom. The highest BCUT2D eigenvalue weighted by Gasteiger charge is 2.30. The zero-order valence-corrected chi connectivity index (χ0v) is 21.0. The lowest BCUT2D eigenvalue weighted by atomic mass is 10.1. The fourth-order valence-corrected chi connectivity index (χ4v) is 5.10. The molecule has 7 nitrogen and oxygen atoms in total. The molecule has 1 unspecified atom stereocenters. The summed E-state index contributed by atoms with van der Waals surface area (Å²) in [5, 5.41) is 3.17. The highest BCUT2D eigenvalue weighted by Crippen LogP contribution is 2.35. The van der Waals surface area contributed by atoms with Gasteiger partial charge in [0.25, 0.3) is 10.0 Å². The number of carbonyl (C=O) groups is 1. The van der Waals surface area contributed by atoms with E-state index in [4.69, 9.17) is 21.1 Å². The molecule has 1 amide bonds. The van der Waals surface area contributed by atoms with E-state index in [2.05, 4.69) is 5.32 Å². The van der Waals surface area contributed by atoms with E-state index in [1.54, 1.807) is 44.4 Å². The third-order valence-electron chi connectivity index (χ3n) is 5.29. The number of nitrogens with one attached hydrogen (secondary N) is 1. The molecule has 1 atom stereocenters. The van der Waals surface area contributed by atoms with Crippen molar-refractivity contribution in [3.63, 3.8) is 0 Å². The molecule has 3 aromatic rings. The number of anilines is 1. The number of hydrogen-bond donors (Lipinski definition) is 1. The molecule has 0 aliphatic rings. The number of rotatable bonds is 9. The summed E-state index contributed by atoms with van der Waals surface area (Å²) in [7, 11) is -1.15. The summed E-state index contributed by atoms with van der Waals surface area (Å²) in [4.78, 5) is 13.1. The molecule has 9 heteroatoms. The molecule has 0 radical (unpaired) electrons. The van der Waals surface area contributed by atoms with Gasteiger partial charge < -0.3 is 14.8 Å². The van der Waals surface area contributed by atoms with Gasteiger partial charge >= 0.3 is 0 Å². The van der Waals surface area contributed by atoms with Crippen molar-refractivity contribution in [1.29, 1.82) is 0 Å². The van der Waals surface area contributed by atoms with E-state index < -0.39 is 28.5 Å². The van der Waals surface area contributed by atoms with Gasteiger partial charge in [-0.3, -0.25) is 9.10 Å². The van der Waals surface area contributed by atoms with E-state index in [1.807, 2.05) is 25.1 Å². The summed E-state index contributed by atoms with van der Waals surface area (Å²) in [6, 6.07) is 17.9. The largest absolute Gasteiger partial charge is 0.496 e. The SMILES string of the molecule is COc1ccccc1C(C)NC(=O)CN(c1cc(Cl)ccc1OC)S(=O)(=O)c1ccc(C)cc1. The lowest BCUT2D eigenvalue weighted by Crippen LogP contribution is -2.41. The van der Waals surface area contributed by atoms with Crippen LogP contribution in [0.15, 0.2) is 71.6 Å². The molecule has 3 rings (SSSR count). The fourth-order valence-electron chi connectivity index (χ4n) is 3.51. The Bertz CT molecular complexity index is 1260. The number of halogens is 1. The summed E-state index contributed by atoms with van der Waals surface area (Å²) in [6.07, 6.45) is 0. The van der Waals surface area contributed by atoms with Crippen LogP contribution >= 0.6 is 11.6 Å². The smallest absolute Gasteiger partial charge is 0.264 e. The predicted molar refractivity (Wildman–Crippen MR) is 133 cm³/mol. The summed E-state index contributed by atoms with van der Waals surface area (Å²) in [5.41, 5.74) is 1.84. The van der Waals surface area contributed by atoms with Crippen LogP contribution < -0.4 is 19.1 Å². The second-order valence-corrected chi connectivity index (χ2v) is 9.97. The highest BCUT2D eigenvalue weighted by atomic mass is 35.5. The van der Waals surface area contributed by atoms with Crippen LogP contribution in [0.1, 0.15) is 24.1 Å². The Morgan fingerprint density at radius 3 is 2.29 bits per heavy atom. The quantitative estimate of drug-likeness (QED) is 0.457. The van der Waals surface area contributed by atoms with E-state index in [0.717, 1.165) is 15.4 Å². The number of para-hydroxylation sites is 1. The maximum absolute atomic E-state index is 13.6. The fraction of sp³-hybridized carbons (Fsp3) is 0.240. The minimum atomic E-state index is -4.12. The molecule has 180 valence electrons. The van der Waals surface area contributed by atoms with E-state index >= 15 is 0 Å². The summed E-state index contributed by atoms with van der Waals surface area (Å²) < 4.78 is 39.0. The minimum Gasteiger partial charge on any atom is -0.496 e. The van der Waals surface area contributed by atoms with Gasteiger partial charge in [0.2, 0.25) is 5.91 Å². The van der Waals surface area contributed by atoms with Crippen LogP contribution in [-0.2, 0) is 14.8 Å². The highest BCUT2D eigenvalue weighted by molar-refractivity contribution is 7.92. The molecule has 0 saturated heterocycles. The van der Waals surface area contributed by atoms with Crippen molar-refractivity contribution in [2.75, 3.05) is 25.1 Å². The van der Waals surface area contributed by atoms with Gasteiger partial charge in [-0.2, -0.15) is 0 Å². The molecule has 3 aromatic carbocycles. The molecule has 0 saturated carbocycles. The predicted octanol–water partition coefficient (Wildman–Crippen LogP) is 4.74. The van der Waals surface area contributed by atoms with Crippen molar-refractivity contribution in [3.8, 4) is 11.5 Å². The number of methoxy groups -OCH3 is 2. The molecule has 0 spiro atoms. The van der Waals surface area contributed by atoms with Crippen LogP contribution in [0.25, 0.3) is 0 Å². The standard InChI is InChI=1S/C25H27ClN2O5S/c1-17-9-12-20(13-10-17)34(30,31)28(22-15-19(26)11-14-24(22)33-4)16-25(29)27-18(2)21-7-5-6-8-23(21)32-3/h5-15,18H,16H2,1-4H3,(H,27,29). The van der Waals surface area contributed by atoms with Gasteiger partial charge in [-0.05, 0) is 50.2 Å². The zero-order valence-electron chi connectivity index (χ0n) is 19.4. The summed E-state index contributed by atoms with van der Waals surface area (Å²) in [5.74, 6) is 0.387. The van der Waals surface area contributed by atoms with Crippen molar-refractivity contribution in [2.45, 2.75) is 24.8 Å². The molecule has 0 aromatic heterocycles. The number of amides is 1. The van der Waals surface area contributed by atoms with Gasteiger partial charge in [0.15, 0.2) is 0 Å². The zero-order chi connectivity index (χ0) is 24.9. The molecule has 0 aliphatic carbocycles. The van der Waals surface area contributed by atoms with Gasteiger partial charge in [-0.1, -0.05) is 47.5 Å². The van der Waals surface area contributed by atoms with Gasteiger partial charge in [0.1, 0.15) is 18.0 Å². The molecular formula is C25H27ClN2O5S. The molecule has 34 heavy (non-hydrogen) atoms. The van der Waals surface area contributed by atoms with Crippen molar-refractivity contribution >= 4 is 33.2 Å². The number of ether oxygens (including phenoxy) is 2. The third kappa shape index (κ3) is 5.63. The average Bonchev–Trinajstić information content (AvgIpc) is 2.82. The van der Waals surface area contributed by atoms with Gasteiger partial charge in [0.05, 0.1) is 30.8 Å². The molecule has 0 heterocycles. The van der Waals surface area contributed by atoms with E-state index in [9.17, 15) is 13.2 Å². The van der Waals surface area contributed by atoms with Crippen LogP contribution in [0.5, 0.6) is 11.5 Å². The third-order valence-corrected chi connectivity index (χ3v) is 7.30. The monoisotopic (exact) mass is 502 g/mol. The lowest BCUT2D eigenvalue weighted by molar-refractivity contribution is -0.120. The maximum Gasteiger partial charge on any atom is 0.264 e. The molecule has 1 N–H and O–H groups in total. The van der Waals surface area contributed by atoms with Crippen molar-refractivity contribution in [2.24, 2.45) is 0 Å². The Labute approximate surface area is 205 Å². The topological polar surface area (TPSA) is 84.9 Å². The summed E-state index contributed by atoms with van der Waals surface area (Å²) in [6.45, 7) is 3.18. The van der Waals surface area contributed by atoms with Crippen molar-refractivity contribution in [1.82, 2.24) is 5.32 Å². The first kappa shape index (κ1) is 25.4. The first-order chi connectivity index (χ1) is 16.2. The Hall–Kier alpha value is -3.23. The van der Waals surface area contributed by atoms with Gasteiger partial charge in [0, 0.05) is 10.6 Å². The van der Waals surface area contributed by atoms with Crippen molar-refractivity contribution < 1.29 is 22.7 Å². The van der Waals surface area contributed by atoms with Crippen LogP contribution in [0.3, 0.4) is 0 Å². The Morgan fingerprint density at radius 1 is 1.00 bits per heavy atom. The molecule has 0 fully saturated rings. The van der Waals surface area contributed by atoms with Crippen LogP contribution in [0.4, 0.5) is 5.69 Å². The molecule has 0 aliphatic heterocycles. The first-order valence-electron chi connectivity index (χ1n) is 10.5. The Kier molecular flexibility index (Phi) is 8.06. The molecule has 0 bridgehead atoms. The van der Waals surface area contributed by atoms with Gasteiger partial charge in [-0.15, -0.1) is 0 Å². The van der Waals surface area contributed by atoms with Crippen LogP contribution in [0.2, 0.25) is 5.02 Å². The van der Waals surface area contributed by atoms with Crippen LogP contribution in [0, 0.1) is 6.92 Å². The number of benzene rings is 3. The molecular weight excluding hydrogens is 476 g/mol. The minimum absolute atomic E-state index is 0.0469. The summed E-state index contributed by atoms with van der Waals surface area (Å²) >= 11 is 6.18. The number of sulfonamides is 1. The van der Waals surface area contributed by atoms with Crippen molar-refractivity contribution in [3.05, 3.63) is 82.9 Å². The van der Waals surface area contributed by atoms with E-state index in [1.165, 1.54) is 25.3 Å². The number of carbonyl (C=O) groups excluding carboxylic acids is 1. The lowest BCUT2D eigenvalue weighted by Gasteiger charge is -2.27. The normalized spacial score (nSPS) is 12.0. The first-order valence-corrected chi connectivity index (χ1v) is 12.3. The second kappa shape index (κ2) is 10.8. The maximum atomic E-state index is 13.6.